The molecule has 8 aromatic carbocycles. The molecule has 0 saturated carbocycles. The molecule has 10 aromatic rings. The number of hydrogen-bond donors (Lipinski definition) is 0. The first-order valence-corrected chi connectivity index (χ1v) is 17.0. The van der Waals surface area contributed by atoms with Gasteiger partial charge in [-0.05, 0) is 109 Å². The van der Waals surface area contributed by atoms with E-state index in [1.807, 2.05) is 12.1 Å². The van der Waals surface area contributed by atoms with Crippen molar-refractivity contribution in [2.75, 3.05) is 4.90 Å². The van der Waals surface area contributed by atoms with E-state index in [9.17, 15) is 0 Å². The normalized spacial score (nSPS) is 11.6. The zero-order valence-corrected chi connectivity index (χ0v) is 27.1. The molecule has 3 nitrogen and oxygen atoms in total. The molecule has 10 rings (SSSR count). The number of benzene rings is 8. The fraction of sp³-hybridized carbons (Fsp3) is 0. The monoisotopic (exact) mass is 638 g/mol. The average Bonchev–Trinajstić information content (AvgIpc) is 3.58. The van der Waals surface area contributed by atoms with Gasteiger partial charge in [-0.25, -0.2) is 4.98 Å². The Hall–Kier alpha value is -6.71. The number of fused-ring (bicyclic) bond motifs is 8. The Labute approximate surface area is 289 Å². The lowest BCUT2D eigenvalue weighted by Gasteiger charge is -2.26. The van der Waals surface area contributed by atoms with Crippen molar-refractivity contribution in [1.29, 1.82) is 0 Å². The highest BCUT2D eigenvalue weighted by molar-refractivity contribution is 6.18. The summed E-state index contributed by atoms with van der Waals surface area (Å²) in [6, 6.07) is 63.0. The Kier molecular flexibility index (Phi) is 6.49. The first-order valence-electron chi connectivity index (χ1n) is 17.0. The minimum Gasteiger partial charge on any atom is -0.438 e. The van der Waals surface area contributed by atoms with Crippen molar-refractivity contribution < 1.29 is 4.42 Å². The third kappa shape index (κ3) is 4.63. The molecule has 0 aliphatic carbocycles. The molecule has 0 unspecified atom stereocenters. The van der Waals surface area contributed by atoms with Crippen LogP contribution < -0.4 is 4.90 Å². The lowest BCUT2D eigenvalue weighted by Crippen LogP contribution is -2.10. The molecule has 0 bridgehead atoms. The Balaban J connectivity index is 1.10. The first kappa shape index (κ1) is 28.3. The van der Waals surface area contributed by atoms with Gasteiger partial charge < -0.3 is 9.32 Å². The van der Waals surface area contributed by atoms with Crippen LogP contribution >= 0.6 is 0 Å². The van der Waals surface area contributed by atoms with Crippen molar-refractivity contribution in [3.8, 4) is 22.3 Å². The fourth-order valence-electron chi connectivity index (χ4n) is 7.49. The van der Waals surface area contributed by atoms with E-state index in [-0.39, 0.29) is 0 Å². The van der Waals surface area contributed by atoms with E-state index in [0.29, 0.717) is 5.71 Å². The molecule has 234 valence electrons. The largest absolute Gasteiger partial charge is 0.438 e. The molecule has 0 N–H and O–H groups in total. The van der Waals surface area contributed by atoms with E-state index < -0.39 is 0 Å². The topological polar surface area (TPSA) is 29.3 Å². The van der Waals surface area contributed by atoms with Crippen LogP contribution in [-0.2, 0) is 0 Å². The quantitative estimate of drug-likeness (QED) is 0.176. The molecule has 0 radical (unpaired) electrons. The molecule has 0 atom stereocenters. The lowest BCUT2D eigenvalue weighted by molar-refractivity contribution is 0.654. The van der Waals surface area contributed by atoms with Gasteiger partial charge >= 0.3 is 0 Å². The molecular weight excluding hydrogens is 609 g/mol. The van der Waals surface area contributed by atoms with Crippen LogP contribution in [0, 0.1) is 0 Å². The van der Waals surface area contributed by atoms with Crippen LogP contribution in [0.15, 0.2) is 187 Å². The van der Waals surface area contributed by atoms with Crippen LogP contribution in [-0.4, -0.2) is 4.98 Å². The number of nitrogens with zero attached hydrogens (tertiary/aromatic N) is 2. The summed E-state index contributed by atoms with van der Waals surface area (Å²) in [7, 11) is 0. The van der Waals surface area contributed by atoms with E-state index in [1.54, 1.807) is 6.20 Å². The van der Waals surface area contributed by atoms with Crippen molar-refractivity contribution in [3.63, 3.8) is 0 Å². The van der Waals surface area contributed by atoms with Crippen LogP contribution in [0.25, 0.3) is 76.6 Å². The molecule has 0 spiro atoms. The molecule has 0 aliphatic heterocycles. The van der Waals surface area contributed by atoms with Crippen molar-refractivity contribution in [2.24, 2.45) is 0 Å². The maximum Gasteiger partial charge on any atom is 0.227 e. The zero-order valence-electron chi connectivity index (χ0n) is 27.1. The predicted molar refractivity (Wildman–Crippen MR) is 210 cm³/mol. The molecule has 2 heterocycles. The molecule has 0 amide bonds. The van der Waals surface area contributed by atoms with Crippen molar-refractivity contribution in [1.82, 2.24) is 4.98 Å². The van der Waals surface area contributed by atoms with Crippen LogP contribution in [0.4, 0.5) is 17.1 Å². The van der Waals surface area contributed by atoms with Gasteiger partial charge in [-0.15, -0.1) is 0 Å². The minimum absolute atomic E-state index is 0.640. The maximum absolute atomic E-state index is 6.22. The van der Waals surface area contributed by atoms with Gasteiger partial charge in [0.15, 0.2) is 0 Å². The maximum atomic E-state index is 6.22. The van der Waals surface area contributed by atoms with E-state index >= 15 is 0 Å². The number of furan rings is 1. The summed E-state index contributed by atoms with van der Waals surface area (Å²) in [6.07, 6.45) is 1.78. The van der Waals surface area contributed by atoms with Crippen molar-refractivity contribution >= 4 is 71.4 Å². The Bertz CT molecular complexity index is 2850. The van der Waals surface area contributed by atoms with Gasteiger partial charge in [-0.3, -0.25) is 0 Å². The van der Waals surface area contributed by atoms with E-state index in [4.69, 9.17) is 4.42 Å². The fourth-order valence-corrected chi connectivity index (χ4v) is 7.49. The minimum atomic E-state index is 0.640. The lowest BCUT2D eigenvalue weighted by atomic mass is 9.94. The molecule has 0 saturated heterocycles. The molecule has 50 heavy (non-hydrogen) atoms. The second kappa shape index (κ2) is 11.5. The summed E-state index contributed by atoms with van der Waals surface area (Å²) in [5, 5.41) is 9.66. The highest BCUT2D eigenvalue weighted by Gasteiger charge is 2.20. The van der Waals surface area contributed by atoms with Gasteiger partial charge in [-0.2, -0.15) is 0 Å². The van der Waals surface area contributed by atoms with Crippen molar-refractivity contribution in [2.45, 2.75) is 0 Å². The van der Waals surface area contributed by atoms with Crippen LogP contribution in [0.5, 0.6) is 0 Å². The van der Waals surface area contributed by atoms with Gasteiger partial charge in [-0.1, -0.05) is 121 Å². The van der Waals surface area contributed by atoms with Gasteiger partial charge in [0.25, 0.3) is 0 Å². The van der Waals surface area contributed by atoms with Crippen LogP contribution in [0.3, 0.4) is 0 Å². The van der Waals surface area contributed by atoms with Gasteiger partial charge in [0.05, 0.1) is 16.5 Å². The average molecular weight is 639 g/mol. The molecular formula is C47H30N2O. The molecule has 2 aromatic heterocycles. The Morgan fingerprint density at radius 1 is 0.400 bits per heavy atom. The summed E-state index contributed by atoms with van der Waals surface area (Å²) < 4.78 is 6.22. The molecule has 0 aliphatic rings. The number of pyridine rings is 1. The second-order valence-electron chi connectivity index (χ2n) is 12.8. The predicted octanol–water partition coefficient (Wildman–Crippen LogP) is 13.2. The van der Waals surface area contributed by atoms with E-state index in [0.717, 1.165) is 33.4 Å². The van der Waals surface area contributed by atoms with Gasteiger partial charge in [0.2, 0.25) is 5.71 Å². The van der Waals surface area contributed by atoms with Gasteiger partial charge in [0, 0.05) is 17.6 Å². The third-order valence-corrected chi connectivity index (χ3v) is 9.93. The highest BCUT2D eigenvalue weighted by atomic mass is 16.3. The summed E-state index contributed by atoms with van der Waals surface area (Å²) in [4.78, 5) is 6.85. The van der Waals surface area contributed by atoms with Crippen LogP contribution in [0.2, 0.25) is 0 Å². The number of anilines is 3. The highest BCUT2D eigenvalue weighted by Crippen LogP contribution is 2.43. The second-order valence-corrected chi connectivity index (χ2v) is 12.8. The molecule has 0 fully saturated rings. The Morgan fingerprint density at radius 3 is 1.78 bits per heavy atom. The Morgan fingerprint density at radius 2 is 1.00 bits per heavy atom. The SMILES string of the molecule is c1ccc(-c2ccc(N(c3ccc(-c4ccc5ccc6c7ccccc7ccc6c5c4)cc3)c3cccc4oc5ncccc5c34)cc2)cc1. The smallest absolute Gasteiger partial charge is 0.227 e. The van der Waals surface area contributed by atoms with E-state index in [2.05, 4.69) is 174 Å². The zero-order chi connectivity index (χ0) is 33.0. The number of rotatable bonds is 5. The summed E-state index contributed by atoms with van der Waals surface area (Å²) >= 11 is 0. The van der Waals surface area contributed by atoms with Crippen LogP contribution in [0.1, 0.15) is 0 Å². The summed E-state index contributed by atoms with van der Waals surface area (Å²) in [5.41, 5.74) is 9.35. The van der Waals surface area contributed by atoms with Gasteiger partial charge in [0.1, 0.15) is 5.58 Å². The van der Waals surface area contributed by atoms with E-state index in [1.165, 1.54) is 54.6 Å². The number of aromatic nitrogens is 1. The number of hydrogen-bond acceptors (Lipinski definition) is 3. The molecule has 3 heteroatoms. The summed E-state index contributed by atoms with van der Waals surface area (Å²) in [6.45, 7) is 0. The third-order valence-electron chi connectivity index (χ3n) is 9.93. The summed E-state index contributed by atoms with van der Waals surface area (Å²) in [5.74, 6) is 0. The first-order chi connectivity index (χ1) is 24.8. The van der Waals surface area contributed by atoms with Crippen molar-refractivity contribution in [3.05, 3.63) is 182 Å². The standard InChI is InChI=1S/C47H30N2O/c1-2-8-31(9-3-1)32-17-23-37(24-18-32)49(44-13-6-14-45-46(44)42-12-7-29-48-47(42)50-45)38-25-19-33(20-26-38)36-16-15-35-22-27-40-39-11-5-4-10-34(39)21-28-41(40)43(35)30-36/h1-30H.